The summed E-state index contributed by atoms with van der Waals surface area (Å²) in [7, 11) is 0. The number of halogens is 1. The number of ether oxygens (including phenoxy) is 1. The molecule has 0 bridgehead atoms. The Kier molecular flexibility index (Phi) is 6.77. The van der Waals surface area contributed by atoms with Crippen LogP contribution in [0.2, 0.25) is 0 Å². The smallest absolute Gasteiger partial charge is 0.263 e. The van der Waals surface area contributed by atoms with Gasteiger partial charge in [0.2, 0.25) is 0 Å². The summed E-state index contributed by atoms with van der Waals surface area (Å²) in [5.74, 6) is -0.681. The maximum atomic E-state index is 14.8. The number of hydrogen-bond acceptors (Lipinski definition) is 6. The Hall–Kier alpha value is -4.05. The quantitative estimate of drug-likeness (QED) is 0.407. The Balaban J connectivity index is 1.34. The average molecular weight is 492 g/mol. The van der Waals surface area contributed by atoms with Gasteiger partial charge in [-0.05, 0) is 42.8 Å². The number of nitrogens with zero attached hydrogens (tertiary/aromatic N) is 3. The summed E-state index contributed by atoms with van der Waals surface area (Å²) in [6.07, 6.45) is 2.34. The molecule has 9 nitrogen and oxygen atoms in total. The standard InChI is InChI=1S/C26H26FN5O4/c1-16(31-36-15-25(33)32-8-10-35-11-9-32)17-2-3-21(27)19(12-17)24-13-18(4-6-28-24)23-14-20-22(30-23)5-7-29-26(20)34/h2-4,6,12-14,30H,5,7-11,15H2,1H3,(H,29,34)/b31-16+. The van der Waals surface area contributed by atoms with Crippen LogP contribution in [0.5, 0.6) is 0 Å². The lowest BCUT2D eigenvalue weighted by Crippen LogP contribution is -2.42. The summed E-state index contributed by atoms with van der Waals surface area (Å²) >= 11 is 0. The number of aromatic amines is 1. The van der Waals surface area contributed by atoms with E-state index in [0.717, 1.165) is 23.4 Å². The van der Waals surface area contributed by atoms with Crippen LogP contribution in [0.15, 0.2) is 47.8 Å². The first-order chi connectivity index (χ1) is 17.5. The van der Waals surface area contributed by atoms with E-state index in [0.29, 0.717) is 60.9 Å². The van der Waals surface area contributed by atoms with Crippen molar-refractivity contribution in [3.63, 3.8) is 0 Å². The number of carbonyl (C=O) groups excluding carboxylic acids is 2. The van der Waals surface area contributed by atoms with Gasteiger partial charge in [-0.3, -0.25) is 14.6 Å². The molecule has 0 spiro atoms. The minimum atomic E-state index is -0.426. The Labute approximate surface area is 207 Å². The molecule has 1 saturated heterocycles. The predicted octanol–water partition coefficient (Wildman–Crippen LogP) is 2.77. The summed E-state index contributed by atoms with van der Waals surface area (Å²) in [5.41, 5.74) is 4.98. The van der Waals surface area contributed by atoms with Crippen molar-refractivity contribution >= 4 is 17.5 Å². The summed E-state index contributed by atoms with van der Waals surface area (Å²) in [5, 5.41) is 6.89. The van der Waals surface area contributed by atoms with Crippen LogP contribution >= 0.6 is 0 Å². The van der Waals surface area contributed by atoms with Gasteiger partial charge in [0.1, 0.15) is 5.82 Å². The molecule has 186 valence electrons. The third-order valence-corrected chi connectivity index (χ3v) is 6.29. The normalized spacial score (nSPS) is 15.9. The molecule has 0 aliphatic carbocycles. The number of fused-ring (bicyclic) bond motifs is 1. The molecule has 0 saturated carbocycles. The second-order valence-electron chi connectivity index (χ2n) is 8.65. The van der Waals surface area contributed by atoms with Crippen molar-refractivity contribution in [2.75, 3.05) is 39.5 Å². The van der Waals surface area contributed by atoms with Gasteiger partial charge in [0.25, 0.3) is 11.8 Å². The fourth-order valence-corrected chi connectivity index (χ4v) is 4.28. The van der Waals surface area contributed by atoms with Crippen LogP contribution in [0.3, 0.4) is 0 Å². The van der Waals surface area contributed by atoms with Crippen LogP contribution in [0.4, 0.5) is 4.39 Å². The van der Waals surface area contributed by atoms with Gasteiger partial charge in [0, 0.05) is 54.8 Å². The minimum absolute atomic E-state index is 0.101. The number of pyridine rings is 1. The predicted molar refractivity (Wildman–Crippen MR) is 131 cm³/mol. The van der Waals surface area contributed by atoms with E-state index in [4.69, 9.17) is 9.57 Å². The maximum Gasteiger partial charge on any atom is 0.263 e. The van der Waals surface area contributed by atoms with E-state index < -0.39 is 5.82 Å². The molecule has 0 radical (unpaired) electrons. The molecular formula is C26H26FN5O4. The molecule has 2 aliphatic heterocycles. The van der Waals surface area contributed by atoms with Gasteiger partial charge in [0.05, 0.1) is 30.2 Å². The largest absolute Gasteiger partial charge is 0.385 e. The third-order valence-electron chi connectivity index (χ3n) is 6.29. The first kappa shape index (κ1) is 23.7. The van der Waals surface area contributed by atoms with Gasteiger partial charge in [-0.2, -0.15) is 0 Å². The van der Waals surface area contributed by atoms with Crippen LogP contribution in [0.1, 0.15) is 28.5 Å². The fourth-order valence-electron chi connectivity index (χ4n) is 4.28. The lowest BCUT2D eigenvalue weighted by molar-refractivity contribution is -0.140. The molecule has 2 amide bonds. The number of nitrogens with one attached hydrogen (secondary N) is 2. The highest BCUT2D eigenvalue weighted by Gasteiger charge is 2.21. The zero-order valence-corrected chi connectivity index (χ0v) is 19.8. The Morgan fingerprint density at radius 1 is 1.19 bits per heavy atom. The molecule has 3 aromatic rings. The van der Waals surface area contributed by atoms with Crippen LogP contribution < -0.4 is 5.32 Å². The summed E-state index contributed by atoms with van der Waals surface area (Å²) in [6, 6.07) is 10.0. The van der Waals surface area contributed by atoms with Crippen LogP contribution in [-0.2, 0) is 20.8 Å². The zero-order chi connectivity index (χ0) is 25.1. The third kappa shape index (κ3) is 4.99. The van der Waals surface area contributed by atoms with Gasteiger partial charge < -0.3 is 24.8 Å². The van der Waals surface area contributed by atoms with Crippen molar-refractivity contribution in [1.29, 1.82) is 0 Å². The number of carbonyl (C=O) groups is 2. The van der Waals surface area contributed by atoms with Gasteiger partial charge in [0.15, 0.2) is 6.61 Å². The molecule has 5 rings (SSSR count). The molecule has 4 heterocycles. The van der Waals surface area contributed by atoms with Gasteiger partial charge in [-0.1, -0.05) is 11.2 Å². The average Bonchev–Trinajstić information content (AvgIpc) is 3.35. The van der Waals surface area contributed by atoms with Crippen LogP contribution in [-0.4, -0.2) is 71.8 Å². The molecule has 36 heavy (non-hydrogen) atoms. The Morgan fingerprint density at radius 3 is 2.83 bits per heavy atom. The molecular weight excluding hydrogens is 465 g/mol. The monoisotopic (exact) mass is 491 g/mol. The molecule has 0 atom stereocenters. The SMILES string of the molecule is C/C(=N\OCC(=O)N1CCOCC1)c1ccc(F)c(-c2cc(-c3cc4c([nH]3)CCNC4=O)ccn2)c1. The highest BCUT2D eigenvalue weighted by molar-refractivity contribution is 5.99. The Bertz CT molecular complexity index is 1330. The van der Waals surface area contributed by atoms with Gasteiger partial charge >= 0.3 is 0 Å². The summed E-state index contributed by atoms with van der Waals surface area (Å²) in [4.78, 5) is 39.0. The Morgan fingerprint density at radius 2 is 2.03 bits per heavy atom. The number of oxime groups is 1. The fraction of sp³-hybridized carbons (Fsp3) is 0.308. The first-order valence-electron chi connectivity index (χ1n) is 11.8. The first-order valence-corrected chi connectivity index (χ1v) is 11.8. The molecule has 2 aromatic heterocycles. The minimum Gasteiger partial charge on any atom is -0.385 e. The van der Waals surface area contributed by atoms with E-state index in [2.05, 4.69) is 20.4 Å². The highest BCUT2D eigenvalue weighted by Crippen LogP contribution is 2.29. The number of H-pyrrole nitrogens is 1. The van der Waals surface area contributed by atoms with Crippen molar-refractivity contribution in [3.05, 3.63) is 65.2 Å². The van der Waals surface area contributed by atoms with E-state index in [-0.39, 0.29) is 18.4 Å². The lowest BCUT2D eigenvalue weighted by atomic mass is 10.0. The van der Waals surface area contributed by atoms with Crippen LogP contribution in [0.25, 0.3) is 22.5 Å². The van der Waals surface area contributed by atoms with Gasteiger partial charge in [-0.25, -0.2) is 4.39 Å². The number of amides is 2. The van der Waals surface area contributed by atoms with E-state index in [1.54, 1.807) is 36.2 Å². The van der Waals surface area contributed by atoms with Crippen molar-refractivity contribution < 1.29 is 23.6 Å². The molecule has 1 fully saturated rings. The molecule has 0 unspecified atom stereocenters. The van der Waals surface area contributed by atoms with E-state index in [1.165, 1.54) is 6.07 Å². The molecule has 10 heteroatoms. The number of hydrogen-bond donors (Lipinski definition) is 2. The highest BCUT2D eigenvalue weighted by atomic mass is 19.1. The zero-order valence-electron chi connectivity index (χ0n) is 19.8. The van der Waals surface area contributed by atoms with Gasteiger partial charge in [-0.15, -0.1) is 0 Å². The van der Waals surface area contributed by atoms with Crippen molar-refractivity contribution in [2.24, 2.45) is 5.16 Å². The second-order valence-corrected chi connectivity index (χ2v) is 8.65. The molecule has 1 aromatic carbocycles. The summed E-state index contributed by atoms with van der Waals surface area (Å²) < 4.78 is 20.1. The number of aromatic nitrogens is 2. The summed E-state index contributed by atoms with van der Waals surface area (Å²) in [6.45, 7) is 4.26. The van der Waals surface area contributed by atoms with E-state index in [9.17, 15) is 14.0 Å². The van der Waals surface area contributed by atoms with E-state index in [1.807, 2.05) is 12.1 Å². The number of rotatable bonds is 6. The van der Waals surface area contributed by atoms with Crippen LogP contribution in [0, 0.1) is 5.82 Å². The molecule has 2 aliphatic rings. The second kappa shape index (κ2) is 10.3. The van der Waals surface area contributed by atoms with Crippen molar-refractivity contribution in [2.45, 2.75) is 13.3 Å². The topological polar surface area (TPSA) is 109 Å². The van der Waals surface area contributed by atoms with Crippen molar-refractivity contribution in [1.82, 2.24) is 20.2 Å². The van der Waals surface area contributed by atoms with E-state index >= 15 is 0 Å². The number of benzene rings is 1. The lowest BCUT2D eigenvalue weighted by Gasteiger charge is -2.26. The maximum absolute atomic E-state index is 14.8. The van der Waals surface area contributed by atoms with Crippen molar-refractivity contribution in [3.8, 4) is 22.5 Å². The molecule has 2 N–H and O–H groups in total. The number of morpholine rings is 1.